The topological polar surface area (TPSA) is 88.4 Å². The molecule has 0 saturated carbocycles. The second kappa shape index (κ2) is 8.54. The Bertz CT molecular complexity index is 1020. The van der Waals surface area contributed by atoms with Crippen molar-refractivity contribution in [2.75, 3.05) is 48.3 Å². The number of hydrogen-bond donors (Lipinski definition) is 0. The molecule has 2 saturated heterocycles. The SMILES string of the molecule is Cn1c(SCC(=O)N2CCN(c3ccc(F)cc3)CC2)nnc1C1CCS(=O)(=O)C1. The van der Waals surface area contributed by atoms with Crippen LogP contribution in [0.1, 0.15) is 18.2 Å². The highest BCUT2D eigenvalue weighted by molar-refractivity contribution is 7.99. The summed E-state index contributed by atoms with van der Waals surface area (Å²) in [5.74, 6) is 0.871. The van der Waals surface area contributed by atoms with Crippen molar-refractivity contribution in [2.45, 2.75) is 17.5 Å². The Hall–Kier alpha value is -2.14. The molecule has 1 atom stereocenters. The monoisotopic (exact) mass is 453 g/mol. The van der Waals surface area contributed by atoms with E-state index in [1.165, 1.54) is 23.9 Å². The number of rotatable bonds is 5. The summed E-state index contributed by atoms with van der Waals surface area (Å²) in [6.45, 7) is 2.63. The molecular formula is C19H24FN5O3S2. The number of halogens is 1. The van der Waals surface area contributed by atoms with Crippen LogP contribution in [0.2, 0.25) is 0 Å². The fourth-order valence-electron chi connectivity index (χ4n) is 3.89. The lowest BCUT2D eigenvalue weighted by molar-refractivity contribution is -0.128. The van der Waals surface area contributed by atoms with Gasteiger partial charge in [-0.3, -0.25) is 4.79 Å². The lowest BCUT2D eigenvalue weighted by atomic mass is 10.1. The van der Waals surface area contributed by atoms with Crippen LogP contribution in [0.25, 0.3) is 0 Å². The molecular weight excluding hydrogens is 429 g/mol. The number of aromatic nitrogens is 3. The molecule has 0 N–H and O–H groups in total. The molecule has 1 amide bonds. The van der Waals surface area contributed by atoms with Gasteiger partial charge in [0.05, 0.1) is 17.3 Å². The van der Waals surface area contributed by atoms with Gasteiger partial charge in [-0.2, -0.15) is 0 Å². The molecule has 2 aromatic rings. The molecule has 8 nitrogen and oxygen atoms in total. The van der Waals surface area contributed by atoms with Gasteiger partial charge in [-0.25, -0.2) is 12.8 Å². The van der Waals surface area contributed by atoms with Gasteiger partial charge < -0.3 is 14.4 Å². The van der Waals surface area contributed by atoms with Crippen molar-refractivity contribution >= 4 is 33.2 Å². The maximum Gasteiger partial charge on any atom is 0.233 e. The highest BCUT2D eigenvalue weighted by Gasteiger charge is 2.32. The predicted octanol–water partition coefficient (Wildman–Crippen LogP) is 1.30. The number of nitrogens with zero attached hydrogens (tertiary/aromatic N) is 5. The highest BCUT2D eigenvalue weighted by Crippen LogP contribution is 2.29. The summed E-state index contributed by atoms with van der Waals surface area (Å²) in [5.41, 5.74) is 0.957. The van der Waals surface area contributed by atoms with Gasteiger partial charge in [-0.15, -0.1) is 10.2 Å². The first-order chi connectivity index (χ1) is 14.3. The molecule has 30 heavy (non-hydrogen) atoms. The van der Waals surface area contributed by atoms with Crippen molar-refractivity contribution < 1.29 is 17.6 Å². The van der Waals surface area contributed by atoms with Crippen LogP contribution in [0.3, 0.4) is 0 Å². The van der Waals surface area contributed by atoms with Crippen LogP contribution in [-0.2, 0) is 21.7 Å². The van der Waals surface area contributed by atoms with E-state index in [0.717, 1.165) is 5.69 Å². The van der Waals surface area contributed by atoms with Crippen LogP contribution in [0.5, 0.6) is 0 Å². The molecule has 4 rings (SSSR count). The second-order valence-corrected chi connectivity index (χ2v) is 10.8. The van der Waals surface area contributed by atoms with Crippen molar-refractivity contribution in [3.05, 3.63) is 35.9 Å². The molecule has 0 aliphatic carbocycles. The summed E-state index contributed by atoms with van der Waals surface area (Å²) < 4.78 is 38.3. The summed E-state index contributed by atoms with van der Waals surface area (Å²) in [4.78, 5) is 16.6. The quantitative estimate of drug-likeness (QED) is 0.631. The molecule has 1 unspecified atom stereocenters. The number of anilines is 1. The van der Waals surface area contributed by atoms with Crippen molar-refractivity contribution in [2.24, 2.45) is 7.05 Å². The first-order valence-corrected chi connectivity index (χ1v) is 12.6. The Morgan fingerprint density at radius 1 is 1.17 bits per heavy atom. The number of benzene rings is 1. The molecule has 1 aromatic heterocycles. The first-order valence-electron chi connectivity index (χ1n) is 9.83. The van der Waals surface area contributed by atoms with E-state index in [-0.39, 0.29) is 34.9 Å². The van der Waals surface area contributed by atoms with Gasteiger partial charge in [0, 0.05) is 44.8 Å². The number of hydrogen-bond acceptors (Lipinski definition) is 7. The lowest BCUT2D eigenvalue weighted by Gasteiger charge is -2.36. The van der Waals surface area contributed by atoms with Crippen LogP contribution in [-0.4, -0.2) is 77.4 Å². The van der Waals surface area contributed by atoms with E-state index in [2.05, 4.69) is 15.1 Å². The largest absolute Gasteiger partial charge is 0.368 e. The van der Waals surface area contributed by atoms with Gasteiger partial charge in [-0.1, -0.05) is 11.8 Å². The molecule has 0 radical (unpaired) electrons. The Balaban J connectivity index is 1.29. The molecule has 2 aliphatic heterocycles. The number of carbonyl (C=O) groups excluding carboxylic acids is 1. The minimum Gasteiger partial charge on any atom is -0.368 e. The second-order valence-electron chi connectivity index (χ2n) is 7.63. The number of sulfone groups is 1. The Kier molecular flexibility index (Phi) is 6.01. The molecule has 0 bridgehead atoms. The Morgan fingerprint density at radius 3 is 2.50 bits per heavy atom. The molecule has 2 fully saturated rings. The maximum absolute atomic E-state index is 13.1. The van der Waals surface area contributed by atoms with E-state index in [4.69, 9.17) is 0 Å². The zero-order valence-electron chi connectivity index (χ0n) is 16.7. The summed E-state index contributed by atoms with van der Waals surface area (Å²) in [5, 5.41) is 8.95. The summed E-state index contributed by atoms with van der Waals surface area (Å²) in [6.07, 6.45) is 0.566. The molecule has 11 heteroatoms. The summed E-state index contributed by atoms with van der Waals surface area (Å²) in [7, 11) is -1.18. The third kappa shape index (κ3) is 4.61. The Labute approximate surface area is 179 Å². The third-order valence-electron chi connectivity index (χ3n) is 5.62. The third-order valence-corrected chi connectivity index (χ3v) is 8.39. The maximum atomic E-state index is 13.1. The molecule has 162 valence electrons. The van der Waals surface area contributed by atoms with E-state index >= 15 is 0 Å². The van der Waals surface area contributed by atoms with E-state index in [0.29, 0.717) is 43.6 Å². The van der Waals surface area contributed by atoms with Crippen molar-refractivity contribution in [1.29, 1.82) is 0 Å². The number of carbonyl (C=O) groups is 1. The van der Waals surface area contributed by atoms with E-state index < -0.39 is 9.84 Å². The van der Waals surface area contributed by atoms with E-state index in [1.54, 1.807) is 16.7 Å². The highest BCUT2D eigenvalue weighted by atomic mass is 32.2. The normalized spacial score (nSPS) is 21.2. The van der Waals surface area contributed by atoms with Crippen LogP contribution in [0.15, 0.2) is 29.4 Å². The fourth-order valence-corrected chi connectivity index (χ4v) is 6.45. The van der Waals surface area contributed by atoms with E-state index in [9.17, 15) is 17.6 Å². The van der Waals surface area contributed by atoms with Gasteiger partial charge >= 0.3 is 0 Å². The Morgan fingerprint density at radius 2 is 1.87 bits per heavy atom. The minimum absolute atomic E-state index is 0.0340. The predicted molar refractivity (Wildman–Crippen MR) is 113 cm³/mol. The molecule has 3 heterocycles. The van der Waals surface area contributed by atoms with Crippen molar-refractivity contribution in [3.63, 3.8) is 0 Å². The zero-order valence-corrected chi connectivity index (χ0v) is 18.3. The van der Waals surface area contributed by atoms with Crippen LogP contribution >= 0.6 is 11.8 Å². The average molecular weight is 454 g/mol. The van der Waals surface area contributed by atoms with Gasteiger partial charge in [0.15, 0.2) is 15.0 Å². The van der Waals surface area contributed by atoms with Gasteiger partial charge in [0.25, 0.3) is 0 Å². The molecule has 0 spiro atoms. The number of amides is 1. The standard InChI is InChI=1S/C19H24FN5O3S2/c1-23-18(14-6-11-30(27,28)13-14)21-22-19(23)29-12-17(26)25-9-7-24(8-10-25)16-4-2-15(20)3-5-16/h2-5,14H,6-13H2,1H3. The van der Waals surface area contributed by atoms with Crippen molar-refractivity contribution in [3.8, 4) is 0 Å². The van der Waals surface area contributed by atoms with Crippen LogP contribution in [0.4, 0.5) is 10.1 Å². The summed E-state index contributed by atoms with van der Waals surface area (Å²) >= 11 is 1.32. The average Bonchev–Trinajstić information content (AvgIpc) is 3.28. The minimum atomic E-state index is -2.99. The molecule has 1 aromatic carbocycles. The van der Waals surface area contributed by atoms with Crippen molar-refractivity contribution in [1.82, 2.24) is 19.7 Å². The van der Waals surface area contributed by atoms with Gasteiger partial charge in [0.1, 0.15) is 11.6 Å². The summed E-state index contributed by atoms with van der Waals surface area (Å²) in [6, 6.07) is 6.40. The number of piperazine rings is 1. The lowest BCUT2D eigenvalue weighted by Crippen LogP contribution is -2.49. The molecule has 2 aliphatic rings. The van der Waals surface area contributed by atoms with Gasteiger partial charge in [-0.05, 0) is 30.7 Å². The number of thioether (sulfide) groups is 1. The van der Waals surface area contributed by atoms with Gasteiger partial charge in [0.2, 0.25) is 5.91 Å². The zero-order chi connectivity index (χ0) is 21.3. The van der Waals surface area contributed by atoms with E-state index in [1.807, 2.05) is 11.9 Å². The smallest absolute Gasteiger partial charge is 0.233 e. The first kappa shape index (κ1) is 21.1. The van der Waals surface area contributed by atoms with Crippen LogP contribution < -0.4 is 4.90 Å². The fraction of sp³-hybridized carbons (Fsp3) is 0.526. The van der Waals surface area contributed by atoms with Crippen LogP contribution in [0, 0.1) is 5.82 Å².